The van der Waals surface area contributed by atoms with Gasteiger partial charge in [-0.1, -0.05) is 26.0 Å². The molecule has 0 spiro atoms. The van der Waals surface area contributed by atoms with E-state index in [-0.39, 0.29) is 0 Å². The molecule has 0 aliphatic heterocycles. The average Bonchev–Trinajstić information content (AvgIpc) is 2.87. The lowest BCUT2D eigenvalue weighted by molar-refractivity contribution is 0.142. The lowest BCUT2D eigenvalue weighted by Crippen LogP contribution is -2.19. The number of benzene rings is 1. The summed E-state index contributed by atoms with van der Waals surface area (Å²) in [4.78, 5) is 0. The Balaban J connectivity index is 2.02. The highest BCUT2D eigenvalue weighted by Crippen LogP contribution is 2.20. The molecule has 2 rings (SSSR count). The highest BCUT2D eigenvalue weighted by atomic mass is 16.5. The highest BCUT2D eigenvalue weighted by molar-refractivity contribution is 5.83. The zero-order valence-electron chi connectivity index (χ0n) is 13.6. The molecular weight excluding hydrogens is 260 g/mol. The first kappa shape index (κ1) is 16.1. The third-order valence-electron chi connectivity index (χ3n) is 3.66. The summed E-state index contributed by atoms with van der Waals surface area (Å²) in [6.45, 7) is 11.2. The van der Waals surface area contributed by atoms with Crippen molar-refractivity contribution in [1.82, 2.24) is 9.88 Å². The zero-order valence-corrected chi connectivity index (χ0v) is 13.6. The summed E-state index contributed by atoms with van der Waals surface area (Å²) in [6.07, 6.45) is 3.26. The van der Waals surface area contributed by atoms with E-state index < -0.39 is 0 Å². The Bertz CT molecular complexity index is 545. The minimum atomic E-state index is 0.687. The Labute approximate surface area is 128 Å². The molecule has 1 aromatic carbocycles. The van der Waals surface area contributed by atoms with E-state index in [1.54, 1.807) is 0 Å². The van der Waals surface area contributed by atoms with Crippen molar-refractivity contribution in [2.45, 2.75) is 40.3 Å². The van der Waals surface area contributed by atoms with Gasteiger partial charge in [-0.15, -0.1) is 0 Å². The summed E-state index contributed by atoms with van der Waals surface area (Å²) >= 11 is 0. The number of nitrogens with one attached hydrogen (secondary N) is 1. The van der Waals surface area contributed by atoms with Gasteiger partial charge in [-0.3, -0.25) is 0 Å². The fourth-order valence-corrected chi connectivity index (χ4v) is 2.61. The first-order chi connectivity index (χ1) is 10.2. The van der Waals surface area contributed by atoms with Crippen molar-refractivity contribution in [3.63, 3.8) is 0 Å². The van der Waals surface area contributed by atoms with Crippen LogP contribution in [0.2, 0.25) is 0 Å². The zero-order chi connectivity index (χ0) is 15.1. The van der Waals surface area contributed by atoms with E-state index in [4.69, 9.17) is 4.74 Å². The van der Waals surface area contributed by atoms with Gasteiger partial charge >= 0.3 is 0 Å². The van der Waals surface area contributed by atoms with E-state index in [0.717, 1.165) is 39.3 Å². The van der Waals surface area contributed by atoms with Crippen molar-refractivity contribution < 1.29 is 4.74 Å². The van der Waals surface area contributed by atoms with Gasteiger partial charge in [0.1, 0.15) is 0 Å². The number of ether oxygens (including phenoxy) is 1. The molecule has 0 amide bonds. The van der Waals surface area contributed by atoms with Crippen LogP contribution in [0.1, 0.15) is 32.8 Å². The maximum atomic E-state index is 5.42. The second kappa shape index (κ2) is 8.20. The summed E-state index contributed by atoms with van der Waals surface area (Å²) in [5.74, 6) is 0.687. The summed E-state index contributed by atoms with van der Waals surface area (Å²) < 4.78 is 7.75. The molecule has 2 aromatic rings. The maximum Gasteiger partial charge on any atom is 0.0483 e. The molecule has 0 aliphatic carbocycles. The van der Waals surface area contributed by atoms with E-state index in [1.165, 1.54) is 16.5 Å². The molecule has 0 saturated heterocycles. The smallest absolute Gasteiger partial charge is 0.0483 e. The molecule has 0 fully saturated rings. The highest BCUT2D eigenvalue weighted by Gasteiger charge is 2.05. The minimum absolute atomic E-state index is 0.687. The number of rotatable bonds is 9. The van der Waals surface area contributed by atoms with Crippen molar-refractivity contribution >= 4 is 10.9 Å². The van der Waals surface area contributed by atoms with Gasteiger partial charge in [0.05, 0.1) is 0 Å². The van der Waals surface area contributed by atoms with Crippen LogP contribution in [0.5, 0.6) is 0 Å². The lowest BCUT2D eigenvalue weighted by Gasteiger charge is -2.10. The van der Waals surface area contributed by atoms with E-state index in [1.807, 2.05) is 6.92 Å². The van der Waals surface area contributed by atoms with Crippen LogP contribution < -0.4 is 5.32 Å². The molecule has 1 heterocycles. The molecule has 0 unspecified atom stereocenters. The molecule has 21 heavy (non-hydrogen) atoms. The molecule has 116 valence electrons. The first-order valence-electron chi connectivity index (χ1n) is 8.07. The van der Waals surface area contributed by atoms with E-state index in [0.29, 0.717) is 5.92 Å². The van der Waals surface area contributed by atoms with Crippen LogP contribution in [0.15, 0.2) is 30.5 Å². The molecule has 0 bridgehead atoms. The van der Waals surface area contributed by atoms with Gasteiger partial charge in [-0.25, -0.2) is 0 Å². The Kier molecular flexibility index (Phi) is 6.27. The monoisotopic (exact) mass is 288 g/mol. The molecule has 0 atom stereocenters. The Morgan fingerprint density at radius 2 is 2.10 bits per heavy atom. The predicted molar refractivity (Wildman–Crippen MR) is 89.6 cm³/mol. The number of hydrogen-bond donors (Lipinski definition) is 1. The van der Waals surface area contributed by atoms with Crippen LogP contribution in [-0.4, -0.2) is 24.3 Å². The van der Waals surface area contributed by atoms with Gasteiger partial charge in [0, 0.05) is 43.4 Å². The molecule has 1 N–H and O–H groups in total. The summed E-state index contributed by atoms with van der Waals surface area (Å²) in [5.41, 5.74) is 2.71. The number of nitrogens with zero attached hydrogens (tertiary/aromatic N) is 1. The molecule has 3 nitrogen and oxygen atoms in total. The summed E-state index contributed by atoms with van der Waals surface area (Å²) in [7, 11) is 0. The molecule has 0 radical (unpaired) electrons. The van der Waals surface area contributed by atoms with Gasteiger partial charge < -0.3 is 14.6 Å². The molecule has 0 aliphatic rings. The van der Waals surface area contributed by atoms with Crippen LogP contribution in [0.4, 0.5) is 0 Å². The predicted octanol–water partition coefficient (Wildman–Crippen LogP) is 3.81. The van der Waals surface area contributed by atoms with Gasteiger partial charge in [-0.05, 0) is 43.5 Å². The summed E-state index contributed by atoms with van der Waals surface area (Å²) in [6, 6.07) is 8.83. The van der Waals surface area contributed by atoms with Gasteiger partial charge in [0.2, 0.25) is 0 Å². The third kappa shape index (κ3) is 4.58. The van der Waals surface area contributed by atoms with Crippen molar-refractivity contribution in [3.05, 3.63) is 36.0 Å². The van der Waals surface area contributed by atoms with Crippen LogP contribution in [0.3, 0.4) is 0 Å². The second-order valence-electron chi connectivity index (χ2n) is 5.93. The lowest BCUT2D eigenvalue weighted by atomic mass is 10.1. The fraction of sp³-hybridized carbons (Fsp3) is 0.556. The van der Waals surface area contributed by atoms with Gasteiger partial charge in [0.25, 0.3) is 0 Å². The van der Waals surface area contributed by atoms with E-state index in [9.17, 15) is 0 Å². The van der Waals surface area contributed by atoms with E-state index in [2.05, 4.69) is 54.2 Å². The molecule has 0 saturated carbocycles. The van der Waals surface area contributed by atoms with Crippen molar-refractivity contribution in [2.75, 3.05) is 19.8 Å². The topological polar surface area (TPSA) is 26.2 Å². The maximum absolute atomic E-state index is 5.42. The number of fused-ring (bicyclic) bond motifs is 1. The van der Waals surface area contributed by atoms with Crippen molar-refractivity contribution in [3.8, 4) is 0 Å². The largest absolute Gasteiger partial charge is 0.382 e. The average molecular weight is 288 g/mol. The van der Waals surface area contributed by atoms with Crippen molar-refractivity contribution in [2.24, 2.45) is 5.92 Å². The minimum Gasteiger partial charge on any atom is -0.382 e. The van der Waals surface area contributed by atoms with Crippen LogP contribution in [0, 0.1) is 5.92 Å². The van der Waals surface area contributed by atoms with Crippen molar-refractivity contribution in [1.29, 1.82) is 0 Å². The third-order valence-corrected chi connectivity index (χ3v) is 3.66. The SMILES string of the molecule is CCOCCCn1ccc2c(CNCC(C)C)cccc21. The van der Waals surface area contributed by atoms with Gasteiger partial charge in [-0.2, -0.15) is 0 Å². The number of aromatic nitrogens is 1. The number of aryl methyl sites for hydroxylation is 1. The Morgan fingerprint density at radius 3 is 2.86 bits per heavy atom. The van der Waals surface area contributed by atoms with Gasteiger partial charge in [0.15, 0.2) is 0 Å². The fourth-order valence-electron chi connectivity index (χ4n) is 2.61. The molecule has 1 aromatic heterocycles. The second-order valence-corrected chi connectivity index (χ2v) is 5.93. The molecule has 3 heteroatoms. The first-order valence-corrected chi connectivity index (χ1v) is 8.07. The quantitative estimate of drug-likeness (QED) is 0.710. The molecular formula is C18H28N2O. The Hall–Kier alpha value is -1.32. The summed E-state index contributed by atoms with van der Waals surface area (Å²) in [5, 5.41) is 4.90. The standard InChI is InChI=1S/C18H28N2O/c1-4-21-12-6-10-20-11-9-17-16(7-5-8-18(17)20)14-19-13-15(2)3/h5,7-9,11,15,19H,4,6,10,12-14H2,1-3H3. The normalized spacial score (nSPS) is 11.6. The number of hydrogen-bond acceptors (Lipinski definition) is 2. The van der Waals surface area contributed by atoms with Crippen LogP contribution in [-0.2, 0) is 17.8 Å². The Morgan fingerprint density at radius 1 is 1.24 bits per heavy atom. The van der Waals surface area contributed by atoms with Crippen LogP contribution >= 0.6 is 0 Å². The van der Waals surface area contributed by atoms with Crippen LogP contribution in [0.25, 0.3) is 10.9 Å². The van der Waals surface area contributed by atoms with E-state index >= 15 is 0 Å².